The van der Waals surface area contributed by atoms with Crippen LogP contribution in [0, 0.1) is 0 Å². The van der Waals surface area contributed by atoms with Crippen molar-refractivity contribution in [3.63, 3.8) is 0 Å². The maximum atomic E-state index is 12.3. The Morgan fingerprint density at radius 1 is 0.957 bits per heavy atom. The van der Waals surface area contributed by atoms with Gasteiger partial charge < -0.3 is 9.32 Å². The topological polar surface area (TPSA) is 59.2 Å². The lowest BCUT2D eigenvalue weighted by molar-refractivity contribution is -0.117. The van der Waals surface area contributed by atoms with Crippen molar-refractivity contribution in [1.29, 1.82) is 0 Å². The summed E-state index contributed by atoms with van der Waals surface area (Å²) < 4.78 is 5.79. The van der Waals surface area contributed by atoms with Gasteiger partial charge in [-0.1, -0.05) is 36.4 Å². The molecule has 0 bridgehead atoms. The Kier molecular flexibility index (Phi) is 3.38. The Morgan fingerprint density at radius 3 is 2.39 bits per heavy atom. The van der Waals surface area contributed by atoms with Crippen LogP contribution in [0.1, 0.15) is 18.2 Å². The molecule has 4 rings (SSSR count). The molecule has 1 saturated heterocycles. The van der Waals surface area contributed by atoms with E-state index in [2.05, 4.69) is 10.2 Å². The average Bonchev–Trinajstić information content (AvgIpc) is 3.23. The third-order valence-corrected chi connectivity index (χ3v) is 4.00. The van der Waals surface area contributed by atoms with Crippen molar-refractivity contribution in [3.05, 3.63) is 66.6 Å². The Labute approximate surface area is 133 Å². The van der Waals surface area contributed by atoms with E-state index in [-0.39, 0.29) is 11.8 Å². The van der Waals surface area contributed by atoms with Crippen molar-refractivity contribution in [1.82, 2.24) is 10.2 Å². The molecule has 114 valence electrons. The predicted octanol–water partition coefficient (Wildman–Crippen LogP) is 3.26. The summed E-state index contributed by atoms with van der Waals surface area (Å²) in [5, 5.41) is 8.25. The van der Waals surface area contributed by atoms with Crippen molar-refractivity contribution < 1.29 is 9.21 Å². The number of anilines is 1. The van der Waals surface area contributed by atoms with Crippen LogP contribution in [0.15, 0.2) is 65.1 Å². The Bertz CT molecular complexity index is 815. The smallest absolute Gasteiger partial charge is 0.247 e. The summed E-state index contributed by atoms with van der Waals surface area (Å²) in [6.45, 7) is 0.569. The summed E-state index contributed by atoms with van der Waals surface area (Å²) in [6.07, 6.45) is 0.394. The van der Waals surface area contributed by atoms with Crippen molar-refractivity contribution >= 4 is 11.6 Å². The quantitative estimate of drug-likeness (QED) is 0.745. The molecule has 5 nitrogen and oxygen atoms in total. The number of hydrogen-bond donors (Lipinski definition) is 0. The van der Waals surface area contributed by atoms with Crippen molar-refractivity contribution in [3.8, 4) is 11.5 Å². The second-order valence-electron chi connectivity index (χ2n) is 5.55. The molecule has 2 heterocycles. The number of nitrogens with zero attached hydrogens (tertiary/aromatic N) is 3. The maximum Gasteiger partial charge on any atom is 0.247 e. The molecule has 1 fully saturated rings. The van der Waals surface area contributed by atoms with E-state index in [1.165, 1.54) is 0 Å². The van der Waals surface area contributed by atoms with E-state index >= 15 is 0 Å². The largest absolute Gasteiger partial charge is 0.420 e. The highest BCUT2D eigenvalue weighted by atomic mass is 16.4. The molecule has 5 heteroatoms. The zero-order chi connectivity index (χ0) is 15.6. The Balaban J connectivity index is 1.56. The van der Waals surface area contributed by atoms with Crippen LogP contribution in [0.2, 0.25) is 0 Å². The maximum absolute atomic E-state index is 12.3. The van der Waals surface area contributed by atoms with Gasteiger partial charge in [0.1, 0.15) is 0 Å². The molecule has 0 N–H and O–H groups in total. The van der Waals surface area contributed by atoms with Crippen LogP contribution in [0.4, 0.5) is 5.69 Å². The van der Waals surface area contributed by atoms with Crippen molar-refractivity contribution in [2.75, 3.05) is 11.4 Å². The van der Waals surface area contributed by atoms with E-state index in [1.807, 2.05) is 60.7 Å². The summed E-state index contributed by atoms with van der Waals surface area (Å²) in [6, 6.07) is 19.3. The van der Waals surface area contributed by atoms with Gasteiger partial charge >= 0.3 is 0 Å². The van der Waals surface area contributed by atoms with Crippen molar-refractivity contribution in [2.24, 2.45) is 0 Å². The SMILES string of the molecule is O=C1CC(c2nnc(-c3ccccc3)o2)CN1c1ccccc1. The fourth-order valence-corrected chi connectivity index (χ4v) is 2.83. The number of benzene rings is 2. The number of aromatic nitrogens is 2. The van der Waals surface area contributed by atoms with E-state index in [9.17, 15) is 4.79 Å². The minimum Gasteiger partial charge on any atom is -0.420 e. The van der Waals surface area contributed by atoms with E-state index in [0.717, 1.165) is 11.3 Å². The molecule has 2 aromatic carbocycles. The second-order valence-corrected chi connectivity index (χ2v) is 5.55. The lowest BCUT2D eigenvalue weighted by atomic mass is 10.1. The van der Waals surface area contributed by atoms with Gasteiger partial charge in [0, 0.05) is 24.2 Å². The number of amides is 1. The minimum atomic E-state index is -0.0623. The highest BCUT2D eigenvalue weighted by molar-refractivity contribution is 5.96. The zero-order valence-corrected chi connectivity index (χ0v) is 12.4. The highest BCUT2D eigenvalue weighted by Gasteiger charge is 2.34. The van der Waals surface area contributed by atoms with Crippen LogP contribution in [0.5, 0.6) is 0 Å². The summed E-state index contributed by atoms with van der Waals surface area (Å²) >= 11 is 0. The zero-order valence-electron chi connectivity index (χ0n) is 12.4. The number of hydrogen-bond acceptors (Lipinski definition) is 4. The van der Waals surface area contributed by atoms with Gasteiger partial charge in [-0.15, -0.1) is 10.2 Å². The van der Waals surface area contributed by atoms with Gasteiger partial charge in [-0.3, -0.25) is 4.79 Å². The molecular formula is C18H15N3O2. The normalized spacial score (nSPS) is 17.7. The number of para-hydroxylation sites is 1. The first kappa shape index (κ1) is 13.7. The van der Waals surface area contributed by atoms with Gasteiger partial charge in [0.25, 0.3) is 0 Å². The molecule has 1 aromatic heterocycles. The first-order valence-electron chi connectivity index (χ1n) is 7.55. The standard InChI is InChI=1S/C18H15N3O2/c22-16-11-14(12-21(16)15-9-5-2-6-10-15)18-20-19-17(23-18)13-7-3-1-4-8-13/h1-10,14H,11-12H2. The van der Waals surface area contributed by atoms with Crippen molar-refractivity contribution in [2.45, 2.75) is 12.3 Å². The predicted molar refractivity (Wildman–Crippen MR) is 85.9 cm³/mol. The van der Waals surface area contributed by atoms with Crippen LogP contribution in [-0.4, -0.2) is 22.6 Å². The van der Waals surface area contributed by atoms with Crippen LogP contribution in [0.3, 0.4) is 0 Å². The minimum absolute atomic E-state index is 0.0623. The third kappa shape index (κ3) is 2.61. The third-order valence-electron chi connectivity index (χ3n) is 4.00. The van der Waals surface area contributed by atoms with Crippen LogP contribution < -0.4 is 4.90 Å². The fraction of sp³-hybridized carbons (Fsp3) is 0.167. The van der Waals surface area contributed by atoms with Crippen LogP contribution in [0.25, 0.3) is 11.5 Å². The molecule has 1 aliphatic heterocycles. The van der Waals surface area contributed by atoms with E-state index < -0.39 is 0 Å². The van der Waals surface area contributed by atoms with E-state index in [0.29, 0.717) is 24.7 Å². The van der Waals surface area contributed by atoms with Gasteiger partial charge in [-0.05, 0) is 24.3 Å². The second kappa shape index (κ2) is 5.68. The van der Waals surface area contributed by atoms with E-state index in [1.54, 1.807) is 4.90 Å². The Hall–Kier alpha value is -2.95. The summed E-state index contributed by atoms with van der Waals surface area (Å²) in [5.41, 5.74) is 1.79. The highest BCUT2D eigenvalue weighted by Crippen LogP contribution is 2.32. The fourth-order valence-electron chi connectivity index (χ4n) is 2.83. The summed E-state index contributed by atoms with van der Waals surface area (Å²) in [7, 11) is 0. The van der Waals surface area contributed by atoms with Gasteiger partial charge in [0.15, 0.2) is 0 Å². The average molecular weight is 305 g/mol. The summed E-state index contributed by atoms with van der Waals surface area (Å²) in [5.74, 6) is 1.04. The molecule has 0 radical (unpaired) electrons. The first-order valence-corrected chi connectivity index (χ1v) is 7.55. The van der Waals surface area contributed by atoms with Crippen LogP contribution >= 0.6 is 0 Å². The lowest BCUT2D eigenvalue weighted by Gasteiger charge is -2.15. The van der Waals surface area contributed by atoms with Gasteiger partial charge in [-0.25, -0.2) is 0 Å². The molecule has 0 saturated carbocycles. The number of carbonyl (C=O) groups excluding carboxylic acids is 1. The molecule has 0 aliphatic carbocycles. The first-order chi connectivity index (χ1) is 11.3. The lowest BCUT2D eigenvalue weighted by Crippen LogP contribution is -2.24. The molecular weight excluding hydrogens is 290 g/mol. The van der Waals surface area contributed by atoms with Gasteiger partial charge in [0.05, 0.1) is 5.92 Å². The van der Waals surface area contributed by atoms with Gasteiger partial charge in [0.2, 0.25) is 17.7 Å². The Morgan fingerprint density at radius 2 is 1.65 bits per heavy atom. The molecule has 3 aromatic rings. The summed E-state index contributed by atoms with van der Waals surface area (Å²) in [4.78, 5) is 14.0. The molecule has 0 spiro atoms. The van der Waals surface area contributed by atoms with Crippen LogP contribution in [-0.2, 0) is 4.79 Å². The van der Waals surface area contributed by atoms with E-state index in [4.69, 9.17) is 4.42 Å². The number of carbonyl (C=O) groups is 1. The molecule has 1 atom stereocenters. The molecule has 23 heavy (non-hydrogen) atoms. The van der Waals surface area contributed by atoms with Gasteiger partial charge in [-0.2, -0.15) is 0 Å². The monoisotopic (exact) mass is 305 g/mol. The number of rotatable bonds is 3. The molecule has 1 amide bonds. The molecule has 1 aliphatic rings. The molecule has 1 unspecified atom stereocenters.